The number of likely N-dealkylation sites (tertiary alicyclic amines) is 1. The third kappa shape index (κ3) is 1.90. The molecule has 2 aliphatic rings. The fraction of sp³-hybridized carbons (Fsp3) is 0.909. The number of amides is 1. The van der Waals surface area contributed by atoms with Gasteiger partial charge in [0.1, 0.15) is 5.88 Å². The van der Waals surface area contributed by atoms with Crippen LogP contribution in [0.2, 0.25) is 0 Å². The minimum Gasteiger partial charge on any atom is -0.338 e. The monoisotopic (exact) mass is 215 g/mol. The zero-order chi connectivity index (χ0) is 9.97. The smallest absolute Gasteiger partial charge is 0.237 e. The van der Waals surface area contributed by atoms with E-state index in [0.29, 0.717) is 6.04 Å². The van der Waals surface area contributed by atoms with Gasteiger partial charge in [0.05, 0.1) is 0 Å². The van der Waals surface area contributed by atoms with Crippen LogP contribution in [-0.4, -0.2) is 29.3 Å². The summed E-state index contributed by atoms with van der Waals surface area (Å²) in [5.41, 5.74) is 0. The minimum atomic E-state index is 0.142. The molecule has 0 aromatic rings. The normalized spacial score (nSPS) is 32.5. The summed E-state index contributed by atoms with van der Waals surface area (Å²) in [6, 6.07) is 0.517. The maximum atomic E-state index is 11.6. The van der Waals surface area contributed by atoms with Crippen molar-refractivity contribution < 1.29 is 4.79 Å². The average Bonchev–Trinajstić information content (AvgIpc) is 2.27. The molecule has 0 aromatic heterocycles. The first kappa shape index (κ1) is 10.3. The van der Waals surface area contributed by atoms with E-state index in [-0.39, 0.29) is 11.8 Å². The molecule has 1 aliphatic carbocycles. The van der Waals surface area contributed by atoms with Gasteiger partial charge in [-0.3, -0.25) is 4.79 Å². The number of piperidine rings is 1. The second kappa shape index (κ2) is 4.52. The molecule has 1 saturated heterocycles. The lowest BCUT2D eigenvalue weighted by Gasteiger charge is -2.44. The van der Waals surface area contributed by atoms with Crippen LogP contribution in [0.1, 0.15) is 38.5 Å². The molecule has 2 atom stereocenters. The van der Waals surface area contributed by atoms with E-state index in [1.165, 1.54) is 38.5 Å². The summed E-state index contributed by atoms with van der Waals surface area (Å²) in [4.78, 5) is 13.7. The second-order valence-corrected chi connectivity index (χ2v) is 4.74. The van der Waals surface area contributed by atoms with Crippen LogP contribution < -0.4 is 0 Å². The van der Waals surface area contributed by atoms with Gasteiger partial charge in [-0.1, -0.05) is 12.8 Å². The molecule has 0 radical (unpaired) electrons. The Bertz CT molecular complexity index is 217. The van der Waals surface area contributed by atoms with E-state index in [1.54, 1.807) is 0 Å². The van der Waals surface area contributed by atoms with Crippen molar-refractivity contribution in [3.05, 3.63) is 0 Å². The molecule has 0 aromatic carbocycles. The van der Waals surface area contributed by atoms with E-state index in [1.807, 2.05) is 4.90 Å². The second-order valence-electron chi connectivity index (χ2n) is 4.47. The zero-order valence-corrected chi connectivity index (χ0v) is 9.30. The topological polar surface area (TPSA) is 20.3 Å². The maximum Gasteiger partial charge on any atom is 0.237 e. The van der Waals surface area contributed by atoms with E-state index in [9.17, 15) is 4.79 Å². The first-order chi connectivity index (χ1) is 6.83. The van der Waals surface area contributed by atoms with Crippen LogP contribution in [0.25, 0.3) is 0 Å². The number of alkyl halides is 1. The fourth-order valence-electron chi connectivity index (χ4n) is 3.01. The van der Waals surface area contributed by atoms with Crippen molar-refractivity contribution in [2.24, 2.45) is 5.92 Å². The van der Waals surface area contributed by atoms with E-state index >= 15 is 0 Å². The molecule has 1 amide bonds. The van der Waals surface area contributed by atoms with Gasteiger partial charge in [-0.05, 0) is 31.6 Å². The quantitative estimate of drug-likeness (QED) is 0.616. The van der Waals surface area contributed by atoms with E-state index in [0.717, 1.165) is 12.5 Å². The van der Waals surface area contributed by atoms with Crippen molar-refractivity contribution in [3.63, 3.8) is 0 Å². The lowest BCUT2D eigenvalue weighted by Crippen LogP contribution is -2.50. The standard InChI is InChI=1S/C11H18ClNO/c12-8-11(14)13-7-3-5-9-4-1-2-6-10(9)13/h9-10H,1-8H2/t9-,10-/m0/s1. The van der Waals surface area contributed by atoms with Gasteiger partial charge in [-0.25, -0.2) is 0 Å². The van der Waals surface area contributed by atoms with E-state index < -0.39 is 0 Å². The van der Waals surface area contributed by atoms with Crippen molar-refractivity contribution in [2.45, 2.75) is 44.6 Å². The predicted molar refractivity (Wildman–Crippen MR) is 57.4 cm³/mol. The molecule has 14 heavy (non-hydrogen) atoms. The van der Waals surface area contributed by atoms with Gasteiger partial charge >= 0.3 is 0 Å². The van der Waals surface area contributed by atoms with Gasteiger partial charge < -0.3 is 4.90 Å². The van der Waals surface area contributed by atoms with Crippen LogP contribution in [0.15, 0.2) is 0 Å². The van der Waals surface area contributed by atoms with Crippen LogP contribution in [0.5, 0.6) is 0 Å². The molecule has 0 bridgehead atoms. The molecule has 2 fully saturated rings. The molecule has 0 N–H and O–H groups in total. The number of hydrogen-bond donors (Lipinski definition) is 0. The molecular weight excluding hydrogens is 198 g/mol. The highest BCUT2D eigenvalue weighted by Crippen LogP contribution is 2.35. The van der Waals surface area contributed by atoms with Crippen molar-refractivity contribution >= 4 is 17.5 Å². The number of hydrogen-bond acceptors (Lipinski definition) is 1. The molecule has 1 aliphatic heterocycles. The summed E-state index contributed by atoms with van der Waals surface area (Å²) in [5.74, 6) is 1.07. The lowest BCUT2D eigenvalue weighted by atomic mass is 9.78. The largest absolute Gasteiger partial charge is 0.338 e. The zero-order valence-electron chi connectivity index (χ0n) is 8.54. The first-order valence-electron chi connectivity index (χ1n) is 5.68. The summed E-state index contributed by atoms with van der Waals surface area (Å²) >= 11 is 5.63. The summed E-state index contributed by atoms with van der Waals surface area (Å²) in [6.07, 6.45) is 7.64. The molecular formula is C11H18ClNO. The molecule has 1 heterocycles. The molecule has 0 unspecified atom stereocenters. The minimum absolute atomic E-state index is 0.142. The van der Waals surface area contributed by atoms with E-state index in [4.69, 9.17) is 11.6 Å². The molecule has 2 nitrogen and oxygen atoms in total. The van der Waals surface area contributed by atoms with Gasteiger partial charge in [-0.15, -0.1) is 11.6 Å². The Kier molecular flexibility index (Phi) is 3.32. The number of halogens is 1. The molecule has 2 rings (SSSR count). The summed E-state index contributed by atoms with van der Waals surface area (Å²) in [5, 5.41) is 0. The Morgan fingerprint density at radius 1 is 1.21 bits per heavy atom. The maximum absolute atomic E-state index is 11.6. The van der Waals surface area contributed by atoms with Crippen LogP contribution in [-0.2, 0) is 4.79 Å². The Labute approximate surface area is 90.6 Å². The van der Waals surface area contributed by atoms with Gasteiger partial charge in [0.15, 0.2) is 0 Å². The van der Waals surface area contributed by atoms with Crippen LogP contribution in [0, 0.1) is 5.92 Å². The van der Waals surface area contributed by atoms with Crippen molar-refractivity contribution in [2.75, 3.05) is 12.4 Å². The first-order valence-corrected chi connectivity index (χ1v) is 6.22. The number of carbonyl (C=O) groups excluding carboxylic acids is 1. The van der Waals surface area contributed by atoms with Gasteiger partial charge in [-0.2, -0.15) is 0 Å². The Morgan fingerprint density at radius 2 is 1.93 bits per heavy atom. The lowest BCUT2D eigenvalue weighted by molar-refractivity contribution is -0.134. The van der Waals surface area contributed by atoms with Gasteiger partial charge in [0, 0.05) is 12.6 Å². The van der Waals surface area contributed by atoms with Crippen LogP contribution in [0.3, 0.4) is 0 Å². The highest BCUT2D eigenvalue weighted by Gasteiger charge is 2.34. The Hall–Kier alpha value is -0.240. The van der Waals surface area contributed by atoms with Gasteiger partial charge in [0.2, 0.25) is 5.91 Å². The van der Waals surface area contributed by atoms with Crippen molar-refractivity contribution in [1.82, 2.24) is 4.90 Å². The van der Waals surface area contributed by atoms with E-state index in [2.05, 4.69) is 0 Å². The highest BCUT2D eigenvalue weighted by molar-refractivity contribution is 6.27. The third-order valence-electron chi connectivity index (χ3n) is 3.68. The number of fused-ring (bicyclic) bond motifs is 1. The highest BCUT2D eigenvalue weighted by atomic mass is 35.5. The SMILES string of the molecule is O=C(CCl)N1CCC[C@@H]2CCCC[C@@H]21. The fourth-order valence-corrected chi connectivity index (χ4v) is 3.16. The van der Waals surface area contributed by atoms with Gasteiger partial charge in [0.25, 0.3) is 0 Å². The summed E-state index contributed by atoms with van der Waals surface area (Å²) in [7, 11) is 0. The molecule has 0 spiro atoms. The molecule has 3 heteroatoms. The average molecular weight is 216 g/mol. The number of nitrogens with zero attached hydrogens (tertiary/aromatic N) is 1. The van der Waals surface area contributed by atoms with Crippen LogP contribution in [0.4, 0.5) is 0 Å². The summed E-state index contributed by atoms with van der Waals surface area (Å²) in [6.45, 7) is 0.937. The van der Waals surface area contributed by atoms with Crippen molar-refractivity contribution in [3.8, 4) is 0 Å². The Morgan fingerprint density at radius 3 is 2.71 bits per heavy atom. The van der Waals surface area contributed by atoms with Crippen molar-refractivity contribution in [1.29, 1.82) is 0 Å². The van der Waals surface area contributed by atoms with Crippen LogP contribution >= 0.6 is 11.6 Å². The Balaban J connectivity index is 2.04. The molecule has 1 saturated carbocycles. The predicted octanol–water partition coefficient (Wildman–Crippen LogP) is 2.41. The number of carbonyl (C=O) groups is 1. The third-order valence-corrected chi connectivity index (χ3v) is 3.91. The molecule has 80 valence electrons. The number of rotatable bonds is 1. The summed E-state index contributed by atoms with van der Waals surface area (Å²) < 4.78 is 0.